The van der Waals surface area contributed by atoms with Crippen molar-refractivity contribution in [3.63, 3.8) is 0 Å². The standard InChI is InChI=1S/C13H11F3N2O/c14-13(15,16)19-11-7-2-1-4-8(11)9-5-3-6-10(17)12(9)18/h1-7H,17-18H2. The first-order valence-corrected chi connectivity index (χ1v) is 5.37. The van der Waals surface area contributed by atoms with Crippen molar-refractivity contribution in [3.05, 3.63) is 42.5 Å². The highest BCUT2D eigenvalue weighted by atomic mass is 19.4. The Labute approximate surface area is 107 Å². The van der Waals surface area contributed by atoms with Crippen LogP contribution >= 0.6 is 0 Å². The van der Waals surface area contributed by atoms with Crippen molar-refractivity contribution in [2.75, 3.05) is 11.5 Å². The predicted molar refractivity (Wildman–Crippen MR) is 67.4 cm³/mol. The highest BCUT2D eigenvalue weighted by Gasteiger charge is 2.32. The van der Waals surface area contributed by atoms with Gasteiger partial charge < -0.3 is 16.2 Å². The fourth-order valence-corrected chi connectivity index (χ4v) is 1.72. The third kappa shape index (κ3) is 2.90. The van der Waals surface area contributed by atoms with E-state index in [2.05, 4.69) is 4.74 Å². The van der Waals surface area contributed by atoms with Gasteiger partial charge in [0.05, 0.1) is 11.4 Å². The maximum atomic E-state index is 12.3. The van der Waals surface area contributed by atoms with E-state index in [1.54, 1.807) is 24.3 Å². The van der Waals surface area contributed by atoms with Gasteiger partial charge in [0.2, 0.25) is 0 Å². The van der Waals surface area contributed by atoms with Gasteiger partial charge in [-0.05, 0) is 12.1 Å². The normalized spacial score (nSPS) is 11.3. The van der Waals surface area contributed by atoms with E-state index < -0.39 is 6.36 Å². The number of ether oxygens (including phenoxy) is 1. The average Bonchev–Trinajstić information content (AvgIpc) is 2.32. The molecule has 0 aliphatic rings. The highest BCUT2D eigenvalue weighted by Crippen LogP contribution is 2.38. The minimum Gasteiger partial charge on any atom is -0.405 e. The molecule has 0 saturated heterocycles. The lowest BCUT2D eigenvalue weighted by molar-refractivity contribution is -0.274. The molecule has 4 N–H and O–H groups in total. The first kappa shape index (κ1) is 13.1. The SMILES string of the molecule is Nc1cccc(-c2ccccc2OC(F)(F)F)c1N. The summed E-state index contributed by atoms with van der Waals surface area (Å²) in [6, 6.07) is 10.5. The topological polar surface area (TPSA) is 61.3 Å². The third-order valence-corrected chi connectivity index (χ3v) is 2.54. The van der Waals surface area contributed by atoms with Gasteiger partial charge in [-0.1, -0.05) is 30.3 Å². The van der Waals surface area contributed by atoms with E-state index in [4.69, 9.17) is 11.5 Å². The van der Waals surface area contributed by atoms with Gasteiger partial charge in [0.1, 0.15) is 5.75 Å². The summed E-state index contributed by atoms with van der Waals surface area (Å²) in [5, 5.41) is 0. The van der Waals surface area contributed by atoms with Crippen LogP contribution in [0.4, 0.5) is 24.5 Å². The molecule has 2 aromatic carbocycles. The fourth-order valence-electron chi connectivity index (χ4n) is 1.72. The van der Waals surface area contributed by atoms with Gasteiger partial charge in [-0.15, -0.1) is 13.2 Å². The van der Waals surface area contributed by atoms with Crippen molar-refractivity contribution in [3.8, 4) is 16.9 Å². The Kier molecular flexibility index (Phi) is 3.25. The Morgan fingerprint density at radius 3 is 2.16 bits per heavy atom. The Morgan fingerprint density at radius 1 is 0.842 bits per heavy atom. The molecule has 0 aliphatic heterocycles. The van der Waals surface area contributed by atoms with E-state index >= 15 is 0 Å². The lowest BCUT2D eigenvalue weighted by Gasteiger charge is -2.15. The second-order valence-corrected chi connectivity index (χ2v) is 3.85. The number of anilines is 2. The Balaban J connectivity index is 2.54. The zero-order valence-corrected chi connectivity index (χ0v) is 9.74. The number of hydrogen-bond donors (Lipinski definition) is 2. The minimum absolute atomic E-state index is 0.223. The van der Waals surface area contributed by atoms with Crippen LogP contribution in [0, 0.1) is 0 Å². The van der Waals surface area contributed by atoms with Crippen molar-refractivity contribution >= 4 is 11.4 Å². The van der Waals surface area contributed by atoms with E-state index in [-0.39, 0.29) is 17.0 Å². The summed E-state index contributed by atoms with van der Waals surface area (Å²) >= 11 is 0. The number of halogens is 3. The molecule has 0 radical (unpaired) electrons. The molecule has 2 rings (SSSR count). The number of rotatable bonds is 2. The van der Waals surface area contributed by atoms with Gasteiger partial charge in [-0.2, -0.15) is 0 Å². The molecule has 0 atom stereocenters. The van der Waals surface area contributed by atoms with Crippen LogP contribution in [0.5, 0.6) is 5.75 Å². The summed E-state index contributed by atoms with van der Waals surface area (Å²) in [5.41, 5.74) is 12.6. The summed E-state index contributed by atoms with van der Waals surface area (Å²) in [4.78, 5) is 0. The lowest BCUT2D eigenvalue weighted by atomic mass is 10.0. The minimum atomic E-state index is -4.76. The van der Waals surface area contributed by atoms with Crippen LogP contribution in [0.1, 0.15) is 0 Å². The first-order valence-electron chi connectivity index (χ1n) is 5.37. The molecule has 0 aliphatic carbocycles. The number of nitrogen functional groups attached to an aromatic ring is 2. The van der Waals surface area contributed by atoms with E-state index in [1.807, 2.05) is 0 Å². The Bertz CT molecular complexity index is 597. The fraction of sp³-hybridized carbons (Fsp3) is 0.0769. The van der Waals surface area contributed by atoms with Crippen LogP contribution in [-0.2, 0) is 0 Å². The molecule has 0 bridgehead atoms. The van der Waals surface area contributed by atoms with Crippen LogP contribution in [0.2, 0.25) is 0 Å². The highest BCUT2D eigenvalue weighted by molar-refractivity contribution is 5.86. The van der Waals surface area contributed by atoms with Gasteiger partial charge in [0.15, 0.2) is 0 Å². The molecule has 6 heteroatoms. The van der Waals surface area contributed by atoms with Gasteiger partial charge in [-0.3, -0.25) is 0 Å². The summed E-state index contributed by atoms with van der Waals surface area (Å²) in [6.07, 6.45) is -4.76. The molecular weight excluding hydrogens is 257 g/mol. The molecule has 2 aromatic rings. The maximum absolute atomic E-state index is 12.3. The molecule has 0 heterocycles. The van der Waals surface area contributed by atoms with Crippen molar-refractivity contribution in [1.82, 2.24) is 0 Å². The lowest BCUT2D eigenvalue weighted by Crippen LogP contribution is -2.17. The van der Waals surface area contributed by atoms with Crippen molar-refractivity contribution < 1.29 is 17.9 Å². The Hall–Kier alpha value is -2.37. The van der Waals surface area contributed by atoms with Crippen molar-refractivity contribution in [1.29, 1.82) is 0 Å². The maximum Gasteiger partial charge on any atom is 0.573 e. The molecule has 3 nitrogen and oxygen atoms in total. The van der Waals surface area contributed by atoms with Crippen LogP contribution in [-0.4, -0.2) is 6.36 Å². The van der Waals surface area contributed by atoms with Crippen LogP contribution in [0.25, 0.3) is 11.1 Å². The summed E-state index contributed by atoms with van der Waals surface area (Å²) in [5.74, 6) is -0.313. The number of para-hydroxylation sites is 2. The molecule has 0 spiro atoms. The summed E-state index contributed by atoms with van der Waals surface area (Å²) in [6.45, 7) is 0. The van der Waals surface area contributed by atoms with E-state index in [0.29, 0.717) is 11.3 Å². The first-order chi connectivity index (χ1) is 8.88. The number of benzene rings is 2. The second-order valence-electron chi connectivity index (χ2n) is 3.85. The number of nitrogens with two attached hydrogens (primary N) is 2. The van der Waals surface area contributed by atoms with Gasteiger partial charge in [0, 0.05) is 11.1 Å². The van der Waals surface area contributed by atoms with Crippen LogP contribution in [0.3, 0.4) is 0 Å². The van der Waals surface area contributed by atoms with Crippen molar-refractivity contribution in [2.45, 2.75) is 6.36 Å². The monoisotopic (exact) mass is 268 g/mol. The van der Waals surface area contributed by atoms with Crippen LogP contribution < -0.4 is 16.2 Å². The smallest absolute Gasteiger partial charge is 0.405 e. The molecule has 0 saturated carbocycles. The Morgan fingerprint density at radius 2 is 1.47 bits per heavy atom. The van der Waals surface area contributed by atoms with Gasteiger partial charge >= 0.3 is 6.36 Å². The summed E-state index contributed by atoms with van der Waals surface area (Å²) in [7, 11) is 0. The third-order valence-electron chi connectivity index (χ3n) is 2.54. The van der Waals surface area contributed by atoms with Crippen LogP contribution in [0.15, 0.2) is 42.5 Å². The van der Waals surface area contributed by atoms with Gasteiger partial charge in [0.25, 0.3) is 0 Å². The van der Waals surface area contributed by atoms with E-state index in [9.17, 15) is 13.2 Å². The average molecular weight is 268 g/mol. The van der Waals surface area contributed by atoms with Gasteiger partial charge in [-0.25, -0.2) is 0 Å². The largest absolute Gasteiger partial charge is 0.573 e. The number of alkyl halides is 3. The predicted octanol–water partition coefficient (Wildman–Crippen LogP) is 3.42. The van der Waals surface area contributed by atoms with E-state index in [1.165, 1.54) is 18.2 Å². The zero-order chi connectivity index (χ0) is 14.0. The molecule has 0 amide bonds. The quantitative estimate of drug-likeness (QED) is 0.820. The van der Waals surface area contributed by atoms with E-state index in [0.717, 1.165) is 0 Å². The molecule has 0 aromatic heterocycles. The number of hydrogen-bond acceptors (Lipinski definition) is 3. The molecule has 0 unspecified atom stereocenters. The molecule has 0 fully saturated rings. The molecule has 100 valence electrons. The second kappa shape index (κ2) is 4.72. The zero-order valence-electron chi connectivity index (χ0n) is 9.74. The molecular formula is C13H11F3N2O. The summed E-state index contributed by atoms with van der Waals surface area (Å²) < 4.78 is 41.0. The van der Waals surface area contributed by atoms with Crippen molar-refractivity contribution in [2.24, 2.45) is 0 Å². The molecule has 19 heavy (non-hydrogen) atoms.